The molecule has 0 amide bonds. The van der Waals surface area contributed by atoms with Crippen LogP contribution in [0.1, 0.15) is 44.2 Å². The summed E-state index contributed by atoms with van der Waals surface area (Å²) in [5.41, 5.74) is 0.144. The first-order valence-electron chi connectivity index (χ1n) is 7.58. The van der Waals surface area contributed by atoms with E-state index < -0.39 is 11.6 Å². The van der Waals surface area contributed by atoms with Gasteiger partial charge in [0.1, 0.15) is 11.6 Å². The van der Waals surface area contributed by atoms with Crippen LogP contribution in [0.15, 0.2) is 18.2 Å². The number of likely N-dealkylation sites (tertiary alicyclic amines) is 1. The Balaban J connectivity index is 1.73. The molecule has 0 aliphatic carbocycles. The van der Waals surface area contributed by atoms with Gasteiger partial charge in [-0.05, 0) is 64.5 Å². The summed E-state index contributed by atoms with van der Waals surface area (Å²) < 4.78 is 27.2. The molecule has 1 fully saturated rings. The summed E-state index contributed by atoms with van der Waals surface area (Å²) in [6, 6.07) is 3.73. The van der Waals surface area contributed by atoms with E-state index in [-0.39, 0.29) is 11.6 Å². The molecule has 1 aliphatic heterocycles. The molecule has 1 unspecified atom stereocenters. The molecule has 20 heavy (non-hydrogen) atoms. The second-order valence-corrected chi connectivity index (χ2v) is 5.57. The molecule has 1 saturated heterocycles. The highest BCUT2D eigenvalue weighted by molar-refractivity contribution is 5.22. The first-order valence-corrected chi connectivity index (χ1v) is 7.58. The van der Waals surface area contributed by atoms with Crippen LogP contribution in [0.5, 0.6) is 0 Å². The van der Waals surface area contributed by atoms with E-state index in [4.69, 9.17) is 0 Å². The van der Waals surface area contributed by atoms with Gasteiger partial charge in [0.25, 0.3) is 0 Å². The summed E-state index contributed by atoms with van der Waals surface area (Å²) in [6.45, 7) is 6.04. The highest BCUT2D eigenvalue weighted by atomic mass is 19.1. The first kappa shape index (κ1) is 15.4. The molecule has 1 heterocycles. The Morgan fingerprint density at radius 3 is 2.45 bits per heavy atom. The zero-order valence-corrected chi connectivity index (χ0v) is 12.2. The van der Waals surface area contributed by atoms with E-state index in [1.807, 2.05) is 6.92 Å². The summed E-state index contributed by atoms with van der Waals surface area (Å²) in [4.78, 5) is 2.47. The number of nitrogens with zero attached hydrogens (tertiary/aromatic N) is 1. The van der Waals surface area contributed by atoms with Crippen molar-refractivity contribution in [2.24, 2.45) is 0 Å². The van der Waals surface area contributed by atoms with Crippen LogP contribution in [-0.4, -0.2) is 31.1 Å². The highest BCUT2D eigenvalue weighted by Gasteiger charge is 2.15. The van der Waals surface area contributed by atoms with Crippen molar-refractivity contribution in [3.8, 4) is 0 Å². The predicted octanol–water partition coefficient (Wildman–Crippen LogP) is 3.49. The van der Waals surface area contributed by atoms with Gasteiger partial charge in [-0.25, -0.2) is 8.78 Å². The molecule has 0 saturated carbocycles. The lowest BCUT2D eigenvalue weighted by Gasteiger charge is -2.26. The van der Waals surface area contributed by atoms with Gasteiger partial charge in [-0.15, -0.1) is 0 Å². The number of piperidine rings is 1. The summed E-state index contributed by atoms with van der Waals surface area (Å²) in [5, 5.41) is 3.21. The molecule has 112 valence electrons. The standard InChI is InChI=1S/C16H24F2N2/c1-13(16-14(17)7-5-8-15(16)18)19-9-6-12-20-10-3-2-4-11-20/h5,7-8,13,19H,2-4,6,9-12H2,1H3. The van der Waals surface area contributed by atoms with Crippen LogP contribution in [0.4, 0.5) is 8.78 Å². The quantitative estimate of drug-likeness (QED) is 0.803. The third kappa shape index (κ3) is 4.25. The largest absolute Gasteiger partial charge is 0.310 e. The molecule has 0 spiro atoms. The minimum absolute atomic E-state index is 0.144. The van der Waals surface area contributed by atoms with E-state index in [1.54, 1.807) is 0 Å². The third-order valence-electron chi connectivity index (χ3n) is 3.98. The molecule has 0 aromatic heterocycles. The average molecular weight is 282 g/mol. The number of halogens is 2. The van der Waals surface area contributed by atoms with Gasteiger partial charge >= 0.3 is 0 Å². The van der Waals surface area contributed by atoms with E-state index in [2.05, 4.69) is 10.2 Å². The van der Waals surface area contributed by atoms with Gasteiger partial charge < -0.3 is 10.2 Å². The minimum Gasteiger partial charge on any atom is -0.310 e. The summed E-state index contributed by atoms with van der Waals surface area (Å²) in [7, 11) is 0. The van der Waals surface area contributed by atoms with Gasteiger partial charge in [-0.3, -0.25) is 0 Å². The maximum absolute atomic E-state index is 13.6. The number of hydrogen-bond acceptors (Lipinski definition) is 2. The fourth-order valence-electron chi connectivity index (χ4n) is 2.83. The van der Waals surface area contributed by atoms with Crippen LogP contribution in [0.2, 0.25) is 0 Å². The lowest BCUT2D eigenvalue weighted by molar-refractivity contribution is 0.225. The molecule has 2 rings (SSSR count). The molecule has 1 atom stereocenters. The van der Waals surface area contributed by atoms with Crippen molar-refractivity contribution in [3.63, 3.8) is 0 Å². The van der Waals surface area contributed by atoms with Crippen molar-refractivity contribution in [2.45, 2.75) is 38.6 Å². The average Bonchev–Trinajstić information content (AvgIpc) is 2.44. The van der Waals surface area contributed by atoms with Crippen molar-refractivity contribution in [1.29, 1.82) is 0 Å². The molecule has 1 aliphatic rings. The summed E-state index contributed by atoms with van der Waals surface area (Å²) in [5.74, 6) is -0.943. The Hall–Kier alpha value is -1.00. The van der Waals surface area contributed by atoms with Gasteiger partial charge in [0, 0.05) is 11.6 Å². The van der Waals surface area contributed by atoms with Crippen LogP contribution in [0, 0.1) is 11.6 Å². The maximum Gasteiger partial charge on any atom is 0.130 e. The van der Waals surface area contributed by atoms with Crippen LogP contribution in [0.3, 0.4) is 0 Å². The highest BCUT2D eigenvalue weighted by Crippen LogP contribution is 2.20. The second-order valence-electron chi connectivity index (χ2n) is 5.57. The van der Waals surface area contributed by atoms with Crippen molar-refractivity contribution in [3.05, 3.63) is 35.4 Å². The van der Waals surface area contributed by atoms with E-state index in [0.717, 1.165) is 19.5 Å². The molecule has 0 bridgehead atoms. The Morgan fingerprint density at radius 1 is 1.15 bits per heavy atom. The molecule has 2 nitrogen and oxygen atoms in total. The predicted molar refractivity (Wildman–Crippen MR) is 77.7 cm³/mol. The Kier molecular flexibility index (Phi) is 5.92. The first-order chi connectivity index (χ1) is 9.68. The number of nitrogens with one attached hydrogen (secondary N) is 1. The third-order valence-corrected chi connectivity index (χ3v) is 3.98. The molecule has 1 N–H and O–H groups in total. The molecule has 0 radical (unpaired) electrons. The lowest BCUT2D eigenvalue weighted by atomic mass is 10.1. The number of rotatable bonds is 6. The normalized spacial score (nSPS) is 18.1. The van der Waals surface area contributed by atoms with E-state index in [9.17, 15) is 8.78 Å². The Bertz CT molecular complexity index is 397. The molecular formula is C16H24F2N2. The molecule has 1 aromatic carbocycles. The number of hydrogen-bond donors (Lipinski definition) is 1. The number of benzene rings is 1. The zero-order chi connectivity index (χ0) is 14.4. The lowest BCUT2D eigenvalue weighted by Crippen LogP contribution is -2.32. The van der Waals surface area contributed by atoms with E-state index in [1.165, 1.54) is 50.6 Å². The SMILES string of the molecule is CC(NCCCN1CCCCC1)c1c(F)cccc1F. The monoisotopic (exact) mass is 282 g/mol. The topological polar surface area (TPSA) is 15.3 Å². The van der Waals surface area contributed by atoms with Gasteiger partial charge in [-0.2, -0.15) is 0 Å². The van der Waals surface area contributed by atoms with Crippen LogP contribution >= 0.6 is 0 Å². The van der Waals surface area contributed by atoms with Crippen molar-refractivity contribution in [2.75, 3.05) is 26.2 Å². The second kappa shape index (κ2) is 7.70. The van der Waals surface area contributed by atoms with Crippen molar-refractivity contribution >= 4 is 0 Å². The Morgan fingerprint density at radius 2 is 1.80 bits per heavy atom. The van der Waals surface area contributed by atoms with E-state index in [0.29, 0.717) is 0 Å². The van der Waals surface area contributed by atoms with Crippen molar-refractivity contribution in [1.82, 2.24) is 10.2 Å². The smallest absolute Gasteiger partial charge is 0.130 e. The minimum atomic E-state index is -0.471. The Labute approximate surface area is 120 Å². The van der Waals surface area contributed by atoms with E-state index >= 15 is 0 Å². The summed E-state index contributed by atoms with van der Waals surface area (Å²) in [6.07, 6.45) is 4.95. The molecule has 1 aromatic rings. The van der Waals surface area contributed by atoms with Gasteiger partial charge in [0.05, 0.1) is 0 Å². The van der Waals surface area contributed by atoms with Gasteiger partial charge in [0.15, 0.2) is 0 Å². The molecular weight excluding hydrogens is 258 g/mol. The van der Waals surface area contributed by atoms with Crippen LogP contribution in [0.25, 0.3) is 0 Å². The maximum atomic E-state index is 13.6. The zero-order valence-electron chi connectivity index (χ0n) is 12.2. The fraction of sp³-hybridized carbons (Fsp3) is 0.625. The molecule has 4 heteroatoms. The van der Waals surface area contributed by atoms with Crippen LogP contribution < -0.4 is 5.32 Å². The van der Waals surface area contributed by atoms with Gasteiger partial charge in [0.2, 0.25) is 0 Å². The van der Waals surface area contributed by atoms with Crippen LogP contribution in [-0.2, 0) is 0 Å². The van der Waals surface area contributed by atoms with Crippen molar-refractivity contribution < 1.29 is 8.78 Å². The fourth-order valence-corrected chi connectivity index (χ4v) is 2.83. The summed E-state index contributed by atoms with van der Waals surface area (Å²) >= 11 is 0. The van der Waals surface area contributed by atoms with Gasteiger partial charge in [-0.1, -0.05) is 12.5 Å².